The van der Waals surface area contributed by atoms with Gasteiger partial charge in [-0.1, -0.05) is 37.3 Å². The van der Waals surface area contributed by atoms with Crippen molar-refractivity contribution in [1.82, 2.24) is 14.9 Å². The molecular formula is C17H23N3O. The van der Waals surface area contributed by atoms with E-state index in [9.17, 15) is 0 Å². The highest BCUT2D eigenvalue weighted by molar-refractivity contribution is 5.57. The Kier molecular flexibility index (Phi) is 6.03. The molecule has 0 fully saturated rings. The lowest BCUT2D eigenvalue weighted by molar-refractivity contribution is 0.414. The summed E-state index contributed by atoms with van der Waals surface area (Å²) in [7, 11) is 1.70. The Labute approximate surface area is 126 Å². The molecule has 0 saturated heterocycles. The predicted molar refractivity (Wildman–Crippen MR) is 86.3 cm³/mol. The summed E-state index contributed by atoms with van der Waals surface area (Å²) in [6, 6.07) is 8.02. The van der Waals surface area contributed by atoms with E-state index in [1.165, 1.54) is 0 Å². The largest absolute Gasteiger partial charge is 0.496 e. The zero-order valence-corrected chi connectivity index (χ0v) is 12.7. The van der Waals surface area contributed by atoms with E-state index >= 15 is 0 Å². The molecule has 0 saturated carbocycles. The minimum atomic E-state index is 0.568. The molecule has 0 spiro atoms. The highest BCUT2D eigenvalue weighted by Gasteiger charge is 2.01. The summed E-state index contributed by atoms with van der Waals surface area (Å²) >= 11 is 0. The average molecular weight is 285 g/mol. The van der Waals surface area contributed by atoms with Gasteiger partial charge in [0.15, 0.2) is 0 Å². The van der Waals surface area contributed by atoms with Gasteiger partial charge in [-0.05, 0) is 18.5 Å². The molecule has 112 valence electrons. The van der Waals surface area contributed by atoms with Crippen LogP contribution in [0, 0.1) is 5.92 Å². The van der Waals surface area contributed by atoms with Gasteiger partial charge in [0.05, 0.1) is 13.4 Å². The van der Waals surface area contributed by atoms with Crippen molar-refractivity contribution >= 4 is 6.08 Å². The number of imidazole rings is 1. The number of hydrogen-bond acceptors (Lipinski definition) is 3. The summed E-state index contributed by atoms with van der Waals surface area (Å²) in [6.45, 7) is 5.06. The maximum absolute atomic E-state index is 5.32. The molecule has 0 aliphatic rings. The summed E-state index contributed by atoms with van der Waals surface area (Å²) in [4.78, 5) is 4.05. The molecule has 1 unspecified atom stereocenters. The van der Waals surface area contributed by atoms with E-state index in [0.717, 1.165) is 30.9 Å². The smallest absolute Gasteiger partial charge is 0.126 e. The first kappa shape index (κ1) is 15.3. The van der Waals surface area contributed by atoms with E-state index in [-0.39, 0.29) is 0 Å². The van der Waals surface area contributed by atoms with Gasteiger partial charge in [-0.3, -0.25) is 0 Å². The van der Waals surface area contributed by atoms with Gasteiger partial charge in [0, 0.05) is 31.0 Å². The van der Waals surface area contributed by atoms with Crippen molar-refractivity contribution < 1.29 is 4.74 Å². The summed E-state index contributed by atoms with van der Waals surface area (Å²) in [5, 5.41) is 3.44. The highest BCUT2D eigenvalue weighted by atomic mass is 16.5. The molecular weight excluding hydrogens is 262 g/mol. The van der Waals surface area contributed by atoms with Gasteiger partial charge in [-0.2, -0.15) is 0 Å². The zero-order valence-electron chi connectivity index (χ0n) is 12.7. The van der Waals surface area contributed by atoms with Gasteiger partial charge < -0.3 is 14.6 Å². The Morgan fingerprint density at radius 1 is 1.38 bits per heavy atom. The second-order valence-electron chi connectivity index (χ2n) is 5.17. The molecule has 4 nitrogen and oxygen atoms in total. The zero-order chi connectivity index (χ0) is 14.9. The molecule has 1 aromatic heterocycles. The quantitative estimate of drug-likeness (QED) is 0.758. The van der Waals surface area contributed by atoms with Gasteiger partial charge in [0.25, 0.3) is 0 Å². The summed E-state index contributed by atoms with van der Waals surface area (Å²) < 4.78 is 7.43. The Bertz CT molecular complexity index is 549. The Hall–Kier alpha value is -2.07. The predicted octanol–water partition coefficient (Wildman–Crippen LogP) is 2.83. The lowest BCUT2D eigenvalue weighted by Crippen LogP contribution is -2.23. The molecule has 4 heteroatoms. The van der Waals surface area contributed by atoms with E-state index in [2.05, 4.69) is 40.0 Å². The fourth-order valence-corrected chi connectivity index (χ4v) is 2.22. The molecule has 0 radical (unpaired) electrons. The summed E-state index contributed by atoms with van der Waals surface area (Å²) in [5.41, 5.74) is 1.10. The van der Waals surface area contributed by atoms with Crippen LogP contribution in [0.5, 0.6) is 5.75 Å². The number of para-hydroxylation sites is 1. The van der Waals surface area contributed by atoms with Crippen molar-refractivity contribution in [2.24, 2.45) is 5.92 Å². The average Bonchev–Trinajstić information content (AvgIpc) is 3.00. The van der Waals surface area contributed by atoms with Crippen molar-refractivity contribution in [1.29, 1.82) is 0 Å². The van der Waals surface area contributed by atoms with Crippen molar-refractivity contribution in [3.05, 3.63) is 54.6 Å². The van der Waals surface area contributed by atoms with Crippen molar-refractivity contribution in [2.75, 3.05) is 20.2 Å². The summed E-state index contributed by atoms with van der Waals surface area (Å²) in [6.07, 6.45) is 9.89. The third-order valence-electron chi connectivity index (χ3n) is 3.27. The molecule has 0 bridgehead atoms. The van der Waals surface area contributed by atoms with Crippen LogP contribution in [0.1, 0.15) is 12.5 Å². The summed E-state index contributed by atoms with van der Waals surface area (Å²) in [5.74, 6) is 1.47. The number of benzene rings is 1. The van der Waals surface area contributed by atoms with E-state index in [0.29, 0.717) is 5.92 Å². The van der Waals surface area contributed by atoms with Crippen LogP contribution < -0.4 is 10.1 Å². The molecule has 1 atom stereocenters. The molecule has 2 rings (SSSR count). The lowest BCUT2D eigenvalue weighted by Gasteiger charge is -2.12. The number of methoxy groups -OCH3 is 1. The fourth-order valence-electron chi connectivity index (χ4n) is 2.22. The standard InChI is InChI=1S/C17H23N3O/c1-15(13-20-11-10-19-14-20)12-18-9-5-7-16-6-3-4-8-17(16)21-2/h3-8,10-11,14-15,18H,9,12-13H2,1-2H3/b7-5+. The van der Waals surface area contributed by atoms with Crippen LogP contribution in [0.2, 0.25) is 0 Å². The number of nitrogens with one attached hydrogen (secondary N) is 1. The number of nitrogens with zero attached hydrogens (tertiary/aromatic N) is 2. The van der Waals surface area contributed by atoms with Gasteiger partial charge in [-0.25, -0.2) is 4.98 Å². The normalized spacial score (nSPS) is 12.7. The minimum absolute atomic E-state index is 0.568. The van der Waals surface area contributed by atoms with E-state index in [1.807, 2.05) is 36.9 Å². The first-order valence-corrected chi connectivity index (χ1v) is 7.25. The van der Waals surface area contributed by atoms with Crippen LogP contribution >= 0.6 is 0 Å². The van der Waals surface area contributed by atoms with Crippen molar-refractivity contribution in [2.45, 2.75) is 13.5 Å². The third-order valence-corrected chi connectivity index (χ3v) is 3.27. The second-order valence-corrected chi connectivity index (χ2v) is 5.17. The number of ether oxygens (including phenoxy) is 1. The van der Waals surface area contributed by atoms with E-state index < -0.39 is 0 Å². The monoisotopic (exact) mass is 285 g/mol. The number of hydrogen-bond donors (Lipinski definition) is 1. The topological polar surface area (TPSA) is 39.1 Å². The van der Waals surface area contributed by atoms with Crippen LogP contribution in [0.4, 0.5) is 0 Å². The van der Waals surface area contributed by atoms with Crippen molar-refractivity contribution in [3.63, 3.8) is 0 Å². The maximum Gasteiger partial charge on any atom is 0.126 e. The molecule has 0 aliphatic carbocycles. The maximum atomic E-state index is 5.32. The van der Waals surface area contributed by atoms with Crippen molar-refractivity contribution in [3.8, 4) is 5.75 Å². The molecule has 21 heavy (non-hydrogen) atoms. The first-order valence-electron chi connectivity index (χ1n) is 7.25. The van der Waals surface area contributed by atoms with Crippen LogP contribution in [-0.2, 0) is 6.54 Å². The lowest BCUT2D eigenvalue weighted by atomic mass is 10.1. The molecule has 1 N–H and O–H groups in total. The van der Waals surface area contributed by atoms with Gasteiger partial charge in [0.1, 0.15) is 5.75 Å². The third kappa shape index (κ3) is 5.08. The van der Waals surface area contributed by atoms with E-state index in [4.69, 9.17) is 4.74 Å². The van der Waals surface area contributed by atoms with E-state index in [1.54, 1.807) is 7.11 Å². The second kappa shape index (κ2) is 8.27. The highest BCUT2D eigenvalue weighted by Crippen LogP contribution is 2.18. The minimum Gasteiger partial charge on any atom is -0.496 e. The van der Waals surface area contributed by atoms with Crippen LogP contribution in [0.3, 0.4) is 0 Å². The first-order chi connectivity index (χ1) is 10.3. The Morgan fingerprint density at radius 3 is 3.00 bits per heavy atom. The fraction of sp³-hybridized carbons (Fsp3) is 0.353. The van der Waals surface area contributed by atoms with Gasteiger partial charge in [0.2, 0.25) is 0 Å². The van der Waals surface area contributed by atoms with Gasteiger partial charge >= 0.3 is 0 Å². The molecule has 1 heterocycles. The number of rotatable bonds is 8. The van der Waals surface area contributed by atoms with Crippen LogP contribution in [0.25, 0.3) is 6.08 Å². The van der Waals surface area contributed by atoms with Crippen LogP contribution in [-0.4, -0.2) is 29.8 Å². The number of aromatic nitrogens is 2. The van der Waals surface area contributed by atoms with Gasteiger partial charge in [-0.15, -0.1) is 0 Å². The Morgan fingerprint density at radius 2 is 2.24 bits per heavy atom. The molecule has 0 amide bonds. The molecule has 0 aliphatic heterocycles. The van der Waals surface area contributed by atoms with Crippen LogP contribution in [0.15, 0.2) is 49.1 Å². The Balaban J connectivity index is 1.70. The molecule has 1 aromatic carbocycles. The molecule has 2 aromatic rings. The SMILES string of the molecule is COc1ccccc1/C=C/CNCC(C)Cn1ccnc1.